The highest BCUT2D eigenvalue weighted by Crippen LogP contribution is 2.26. The molecule has 0 spiro atoms. The van der Waals surface area contributed by atoms with E-state index < -0.39 is 11.3 Å². The third-order valence-electron chi connectivity index (χ3n) is 3.27. The Hall–Kier alpha value is -1.26. The first-order valence-electron chi connectivity index (χ1n) is 6.79. The Bertz CT molecular complexity index is 520. The zero-order valence-electron chi connectivity index (χ0n) is 12.7. The fourth-order valence-corrected chi connectivity index (χ4v) is 2.44. The van der Waals surface area contributed by atoms with Crippen LogP contribution >= 0.6 is 23.2 Å². The second-order valence-electron chi connectivity index (χ2n) is 5.21. The van der Waals surface area contributed by atoms with Gasteiger partial charge in [0.15, 0.2) is 0 Å². The van der Waals surface area contributed by atoms with Crippen LogP contribution in [0.1, 0.15) is 27.7 Å². The van der Waals surface area contributed by atoms with E-state index >= 15 is 0 Å². The molecule has 0 radical (unpaired) electrons. The van der Waals surface area contributed by atoms with Gasteiger partial charge in [-0.25, -0.2) is 0 Å². The lowest BCUT2D eigenvalue weighted by atomic mass is 9.90. The molecule has 21 heavy (non-hydrogen) atoms. The van der Waals surface area contributed by atoms with Crippen molar-refractivity contribution in [2.24, 2.45) is 5.41 Å². The van der Waals surface area contributed by atoms with Crippen molar-refractivity contribution < 1.29 is 9.59 Å². The fraction of sp³-hybridized carbons (Fsp3) is 0.467. The van der Waals surface area contributed by atoms with Gasteiger partial charge < -0.3 is 10.2 Å². The van der Waals surface area contributed by atoms with Crippen molar-refractivity contribution in [2.45, 2.75) is 27.7 Å². The molecule has 2 amide bonds. The number of hydrogen-bond acceptors (Lipinski definition) is 2. The van der Waals surface area contributed by atoms with Crippen LogP contribution in [0.15, 0.2) is 18.2 Å². The Morgan fingerprint density at radius 3 is 2.00 bits per heavy atom. The number of carbonyl (C=O) groups excluding carboxylic acids is 2. The summed E-state index contributed by atoms with van der Waals surface area (Å²) in [4.78, 5) is 26.4. The first-order chi connectivity index (χ1) is 9.72. The Labute approximate surface area is 135 Å². The molecule has 0 aliphatic carbocycles. The monoisotopic (exact) mass is 330 g/mol. The molecule has 0 unspecified atom stereocenters. The van der Waals surface area contributed by atoms with Gasteiger partial charge in [0.25, 0.3) is 0 Å². The SMILES string of the molecule is CCN(CC)C(=O)C(C)(C)C(=O)Nc1cc(Cl)cc(Cl)c1. The van der Waals surface area contributed by atoms with Gasteiger partial charge in [0.1, 0.15) is 5.41 Å². The normalized spacial score (nSPS) is 11.1. The summed E-state index contributed by atoms with van der Waals surface area (Å²) >= 11 is 11.8. The molecule has 1 aromatic carbocycles. The fourth-order valence-electron chi connectivity index (χ4n) is 1.92. The quantitative estimate of drug-likeness (QED) is 0.834. The van der Waals surface area contributed by atoms with Crippen LogP contribution in [-0.4, -0.2) is 29.8 Å². The topological polar surface area (TPSA) is 49.4 Å². The molecule has 0 bridgehead atoms. The molecule has 0 fully saturated rings. The van der Waals surface area contributed by atoms with Gasteiger partial charge in [-0.1, -0.05) is 23.2 Å². The summed E-state index contributed by atoms with van der Waals surface area (Å²) in [6.07, 6.45) is 0. The number of nitrogens with zero attached hydrogens (tertiary/aromatic N) is 1. The van der Waals surface area contributed by atoms with Crippen molar-refractivity contribution in [3.8, 4) is 0 Å². The molecular weight excluding hydrogens is 311 g/mol. The average molecular weight is 331 g/mol. The van der Waals surface area contributed by atoms with Gasteiger partial charge in [-0.05, 0) is 45.9 Å². The maximum absolute atomic E-state index is 12.4. The Kier molecular flexibility index (Phi) is 6.05. The predicted molar refractivity (Wildman–Crippen MR) is 86.8 cm³/mol. The Morgan fingerprint density at radius 1 is 1.10 bits per heavy atom. The second-order valence-corrected chi connectivity index (χ2v) is 6.09. The van der Waals surface area contributed by atoms with Crippen LogP contribution in [0.25, 0.3) is 0 Å². The lowest BCUT2D eigenvalue weighted by Crippen LogP contribution is -2.47. The van der Waals surface area contributed by atoms with Crippen molar-refractivity contribution in [2.75, 3.05) is 18.4 Å². The van der Waals surface area contributed by atoms with E-state index in [1.807, 2.05) is 13.8 Å². The van der Waals surface area contributed by atoms with E-state index in [0.717, 1.165) is 0 Å². The molecule has 0 saturated heterocycles. The van der Waals surface area contributed by atoms with Gasteiger partial charge in [0, 0.05) is 28.8 Å². The number of benzene rings is 1. The third kappa shape index (κ3) is 4.35. The smallest absolute Gasteiger partial charge is 0.239 e. The zero-order chi connectivity index (χ0) is 16.2. The van der Waals surface area contributed by atoms with E-state index in [1.165, 1.54) is 0 Å². The van der Waals surface area contributed by atoms with Crippen molar-refractivity contribution >= 4 is 40.7 Å². The molecule has 0 atom stereocenters. The van der Waals surface area contributed by atoms with Crippen molar-refractivity contribution in [3.05, 3.63) is 28.2 Å². The summed E-state index contributed by atoms with van der Waals surface area (Å²) in [6, 6.07) is 4.75. The average Bonchev–Trinajstić information content (AvgIpc) is 2.38. The van der Waals surface area contributed by atoms with Crippen LogP contribution in [0.4, 0.5) is 5.69 Å². The minimum absolute atomic E-state index is 0.210. The summed E-state index contributed by atoms with van der Waals surface area (Å²) in [5.74, 6) is -0.601. The third-order valence-corrected chi connectivity index (χ3v) is 3.71. The number of hydrogen-bond donors (Lipinski definition) is 1. The van der Waals surface area contributed by atoms with E-state index in [2.05, 4.69) is 5.32 Å². The molecule has 1 aromatic rings. The highest BCUT2D eigenvalue weighted by Gasteiger charge is 2.38. The number of carbonyl (C=O) groups is 2. The number of amides is 2. The van der Waals surface area contributed by atoms with Crippen LogP contribution in [0.5, 0.6) is 0 Å². The second kappa shape index (κ2) is 7.14. The zero-order valence-corrected chi connectivity index (χ0v) is 14.2. The molecule has 4 nitrogen and oxygen atoms in total. The molecule has 1 N–H and O–H groups in total. The van der Waals surface area contributed by atoms with Crippen molar-refractivity contribution in [1.29, 1.82) is 0 Å². The van der Waals surface area contributed by atoms with Gasteiger partial charge >= 0.3 is 0 Å². The van der Waals surface area contributed by atoms with Crippen LogP contribution < -0.4 is 5.32 Å². The van der Waals surface area contributed by atoms with Gasteiger partial charge in [-0.15, -0.1) is 0 Å². The van der Waals surface area contributed by atoms with E-state index in [9.17, 15) is 9.59 Å². The van der Waals surface area contributed by atoms with E-state index in [0.29, 0.717) is 28.8 Å². The van der Waals surface area contributed by atoms with E-state index in [-0.39, 0.29) is 5.91 Å². The van der Waals surface area contributed by atoms with E-state index in [1.54, 1.807) is 36.9 Å². The maximum atomic E-state index is 12.4. The minimum atomic E-state index is -1.17. The molecule has 0 aliphatic heterocycles. The molecule has 0 aromatic heterocycles. The standard InChI is InChI=1S/C15H20Cl2N2O2/c1-5-19(6-2)14(21)15(3,4)13(20)18-12-8-10(16)7-11(17)9-12/h7-9H,5-6H2,1-4H3,(H,18,20). The first kappa shape index (κ1) is 17.8. The van der Waals surface area contributed by atoms with Crippen LogP contribution in [-0.2, 0) is 9.59 Å². The lowest BCUT2D eigenvalue weighted by Gasteiger charge is -2.29. The summed E-state index contributed by atoms with van der Waals surface area (Å²) < 4.78 is 0. The highest BCUT2D eigenvalue weighted by molar-refractivity contribution is 6.35. The summed E-state index contributed by atoms with van der Waals surface area (Å²) in [5, 5.41) is 3.54. The van der Waals surface area contributed by atoms with Gasteiger partial charge in [0.2, 0.25) is 11.8 Å². The number of anilines is 1. The number of rotatable bonds is 5. The number of halogens is 2. The summed E-state index contributed by atoms with van der Waals surface area (Å²) in [7, 11) is 0. The Balaban J connectivity index is 2.93. The predicted octanol–water partition coefficient (Wildman–Crippen LogP) is 3.83. The molecule has 0 aliphatic rings. The summed E-state index contributed by atoms with van der Waals surface area (Å²) in [5.41, 5.74) is -0.696. The molecule has 1 rings (SSSR count). The van der Waals surface area contributed by atoms with Gasteiger partial charge in [0.05, 0.1) is 0 Å². The first-order valence-corrected chi connectivity index (χ1v) is 7.54. The van der Waals surface area contributed by atoms with Crippen LogP contribution in [0, 0.1) is 5.41 Å². The van der Waals surface area contributed by atoms with Crippen LogP contribution in [0.3, 0.4) is 0 Å². The molecule has 116 valence electrons. The lowest BCUT2D eigenvalue weighted by molar-refractivity contribution is -0.146. The summed E-state index contributed by atoms with van der Waals surface area (Å²) in [6.45, 7) is 8.10. The van der Waals surface area contributed by atoms with E-state index in [4.69, 9.17) is 23.2 Å². The largest absolute Gasteiger partial charge is 0.342 e. The van der Waals surface area contributed by atoms with Gasteiger partial charge in [-0.3, -0.25) is 9.59 Å². The molecule has 0 heterocycles. The van der Waals surface area contributed by atoms with Crippen LogP contribution in [0.2, 0.25) is 10.0 Å². The number of nitrogens with one attached hydrogen (secondary N) is 1. The molecular formula is C15H20Cl2N2O2. The van der Waals surface area contributed by atoms with Gasteiger partial charge in [-0.2, -0.15) is 0 Å². The maximum Gasteiger partial charge on any atom is 0.239 e. The molecule has 6 heteroatoms. The highest BCUT2D eigenvalue weighted by atomic mass is 35.5. The van der Waals surface area contributed by atoms with Crippen molar-refractivity contribution in [3.63, 3.8) is 0 Å². The minimum Gasteiger partial charge on any atom is -0.342 e. The molecule has 0 saturated carbocycles. The Morgan fingerprint density at radius 2 is 1.57 bits per heavy atom. The van der Waals surface area contributed by atoms with Crippen molar-refractivity contribution in [1.82, 2.24) is 4.90 Å².